The molecule has 1 fully saturated rings. The number of piperidine rings is 1. The van der Waals surface area contributed by atoms with Crippen molar-refractivity contribution in [2.75, 3.05) is 0 Å². The Balaban J connectivity index is 1.88. The van der Waals surface area contributed by atoms with E-state index in [0.717, 1.165) is 23.7 Å². The Kier molecular flexibility index (Phi) is 4.54. The molecule has 0 radical (unpaired) electrons. The maximum atomic E-state index is 12.6. The molecule has 1 aromatic carbocycles. The maximum absolute atomic E-state index is 12.6. The number of hydrogen-bond donors (Lipinski definition) is 0. The van der Waals surface area contributed by atoms with Crippen LogP contribution in [0.25, 0.3) is 5.57 Å². The van der Waals surface area contributed by atoms with Crippen molar-refractivity contribution in [3.63, 3.8) is 0 Å². The molecule has 0 aromatic heterocycles. The molecule has 2 unspecified atom stereocenters. The second-order valence-electron chi connectivity index (χ2n) is 7.42. The fraction of sp³-hybridized carbons (Fsp3) is 0.526. The molecule has 3 rings (SSSR count). The van der Waals surface area contributed by atoms with E-state index < -0.39 is 5.60 Å². The highest BCUT2D eigenvalue weighted by Gasteiger charge is 2.39. The molecule has 0 aliphatic carbocycles. The molecule has 2 bridgehead atoms. The summed E-state index contributed by atoms with van der Waals surface area (Å²) in [5, 5.41) is 0. The van der Waals surface area contributed by atoms with Crippen LogP contribution in [0.3, 0.4) is 0 Å². The first kappa shape index (κ1) is 16.6. The van der Waals surface area contributed by atoms with Crippen LogP contribution in [0.1, 0.15) is 52.0 Å². The molecule has 1 aromatic rings. The molecule has 2 atom stereocenters. The number of amides is 1. The van der Waals surface area contributed by atoms with Crippen molar-refractivity contribution >= 4 is 27.6 Å². The normalized spacial score (nSPS) is 24.2. The lowest BCUT2D eigenvalue weighted by Crippen LogP contribution is -2.53. The fourth-order valence-corrected chi connectivity index (χ4v) is 4.09. The molecule has 2 aliphatic rings. The Morgan fingerprint density at radius 2 is 2.00 bits per heavy atom. The first-order valence-electron chi connectivity index (χ1n) is 8.32. The molecule has 1 saturated heterocycles. The number of halogens is 1. The van der Waals surface area contributed by atoms with Crippen LogP contribution in [-0.4, -0.2) is 28.7 Å². The molecular weight excluding hydrogens is 354 g/mol. The molecule has 3 nitrogen and oxygen atoms in total. The lowest BCUT2D eigenvalue weighted by Gasteiger charge is -2.45. The summed E-state index contributed by atoms with van der Waals surface area (Å²) >= 11 is 3.65. The second-order valence-corrected chi connectivity index (χ2v) is 8.27. The number of carbonyl (C=O) groups is 1. The second kappa shape index (κ2) is 6.31. The average Bonchev–Trinajstić information content (AvgIpc) is 2.44. The Morgan fingerprint density at radius 3 is 2.65 bits per heavy atom. The van der Waals surface area contributed by atoms with Gasteiger partial charge in [0.2, 0.25) is 0 Å². The summed E-state index contributed by atoms with van der Waals surface area (Å²) in [4.78, 5) is 14.6. The van der Waals surface area contributed by atoms with E-state index in [9.17, 15) is 4.79 Å². The lowest BCUT2D eigenvalue weighted by atomic mass is 9.83. The summed E-state index contributed by atoms with van der Waals surface area (Å²) in [5.74, 6) is 0. The maximum Gasteiger partial charge on any atom is 0.411 e. The minimum atomic E-state index is -0.447. The van der Waals surface area contributed by atoms with Gasteiger partial charge in [-0.25, -0.2) is 4.79 Å². The van der Waals surface area contributed by atoms with Crippen LogP contribution in [-0.2, 0) is 4.74 Å². The molecule has 0 saturated carbocycles. The molecule has 2 aliphatic heterocycles. The zero-order valence-corrected chi connectivity index (χ0v) is 15.6. The zero-order chi connectivity index (χ0) is 16.6. The highest BCUT2D eigenvalue weighted by Crippen LogP contribution is 2.39. The standard InChI is InChI=1S/C19H24BrNO2/c1-19(2,3)23-18(22)21-14-7-6-8-15(21)12-13(11-14)16-9-4-5-10-17(16)20/h4-5,9-11,14-15H,6-8,12H2,1-3H3. The van der Waals surface area contributed by atoms with E-state index in [0.29, 0.717) is 0 Å². The topological polar surface area (TPSA) is 29.5 Å². The highest BCUT2D eigenvalue weighted by atomic mass is 79.9. The van der Waals surface area contributed by atoms with Gasteiger partial charge in [-0.15, -0.1) is 0 Å². The monoisotopic (exact) mass is 377 g/mol. The SMILES string of the molecule is CC(C)(C)OC(=O)N1C2C=C(c3ccccc3Br)CC1CCC2. The van der Waals surface area contributed by atoms with E-state index in [4.69, 9.17) is 4.74 Å². The van der Waals surface area contributed by atoms with Crippen molar-refractivity contribution in [3.8, 4) is 0 Å². The van der Waals surface area contributed by atoms with E-state index in [2.05, 4.69) is 40.2 Å². The van der Waals surface area contributed by atoms with Crippen LogP contribution >= 0.6 is 15.9 Å². The third kappa shape index (κ3) is 3.63. The fourth-order valence-electron chi connectivity index (χ4n) is 3.55. The largest absolute Gasteiger partial charge is 0.444 e. The smallest absolute Gasteiger partial charge is 0.411 e. The molecule has 4 heteroatoms. The van der Waals surface area contributed by atoms with Crippen LogP contribution in [0.4, 0.5) is 4.79 Å². The van der Waals surface area contributed by atoms with E-state index in [-0.39, 0.29) is 18.2 Å². The molecule has 23 heavy (non-hydrogen) atoms. The molecule has 124 valence electrons. The van der Waals surface area contributed by atoms with Gasteiger partial charge in [0.05, 0.1) is 6.04 Å². The molecule has 0 N–H and O–H groups in total. The van der Waals surface area contributed by atoms with Gasteiger partial charge in [0.15, 0.2) is 0 Å². The van der Waals surface area contributed by atoms with Gasteiger partial charge in [-0.2, -0.15) is 0 Å². The van der Waals surface area contributed by atoms with Crippen molar-refractivity contribution < 1.29 is 9.53 Å². The van der Waals surface area contributed by atoms with Crippen molar-refractivity contribution in [2.24, 2.45) is 0 Å². The minimum Gasteiger partial charge on any atom is -0.444 e. The van der Waals surface area contributed by atoms with Crippen molar-refractivity contribution in [2.45, 2.75) is 64.1 Å². The van der Waals surface area contributed by atoms with E-state index >= 15 is 0 Å². The van der Waals surface area contributed by atoms with Crippen molar-refractivity contribution in [1.82, 2.24) is 4.90 Å². The predicted molar refractivity (Wildman–Crippen MR) is 96.2 cm³/mol. The van der Waals surface area contributed by atoms with Gasteiger partial charge in [0.1, 0.15) is 5.60 Å². The van der Waals surface area contributed by atoms with Gasteiger partial charge in [-0.05, 0) is 63.7 Å². The van der Waals surface area contributed by atoms with Crippen LogP contribution in [0.15, 0.2) is 34.8 Å². The molecule has 2 heterocycles. The summed E-state index contributed by atoms with van der Waals surface area (Å²) in [6.07, 6.45) is 6.24. The summed E-state index contributed by atoms with van der Waals surface area (Å²) < 4.78 is 6.75. The van der Waals surface area contributed by atoms with Gasteiger partial charge in [0, 0.05) is 10.5 Å². The number of ether oxygens (including phenoxy) is 1. The van der Waals surface area contributed by atoms with Gasteiger partial charge in [-0.3, -0.25) is 4.90 Å². The average molecular weight is 378 g/mol. The first-order valence-corrected chi connectivity index (χ1v) is 9.11. The van der Waals surface area contributed by atoms with Gasteiger partial charge in [-0.1, -0.05) is 40.2 Å². The van der Waals surface area contributed by atoms with E-state index in [1.165, 1.54) is 17.6 Å². The Hall–Kier alpha value is -1.29. The summed E-state index contributed by atoms with van der Waals surface area (Å²) in [7, 11) is 0. The molecule has 0 spiro atoms. The predicted octanol–water partition coefficient (Wildman–Crippen LogP) is 5.39. The number of nitrogens with zero attached hydrogens (tertiary/aromatic N) is 1. The van der Waals surface area contributed by atoms with E-state index in [1.807, 2.05) is 31.7 Å². The third-order valence-corrected chi connectivity index (χ3v) is 5.15. The number of benzene rings is 1. The zero-order valence-electron chi connectivity index (χ0n) is 14.0. The van der Waals surface area contributed by atoms with Crippen molar-refractivity contribution in [1.29, 1.82) is 0 Å². The van der Waals surface area contributed by atoms with Crippen LogP contribution in [0, 0.1) is 0 Å². The number of fused-ring (bicyclic) bond motifs is 2. The summed E-state index contributed by atoms with van der Waals surface area (Å²) in [5.41, 5.74) is 2.14. The third-order valence-electron chi connectivity index (χ3n) is 4.46. The lowest BCUT2D eigenvalue weighted by molar-refractivity contribution is 0.0000841. The molecule has 1 amide bonds. The van der Waals surface area contributed by atoms with Crippen LogP contribution in [0.2, 0.25) is 0 Å². The van der Waals surface area contributed by atoms with Gasteiger partial charge in [0.25, 0.3) is 0 Å². The first-order chi connectivity index (χ1) is 10.8. The quantitative estimate of drug-likeness (QED) is 0.655. The number of hydrogen-bond acceptors (Lipinski definition) is 2. The Bertz CT molecular complexity index is 633. The summed E-state index contributed by atoms with van der Waals surface area (Å²) in [6, 6.07) is 8.72. The number of rotatable bonds is 1. The summed E-state index contributed by atoms with van der Waals surface area (Å²) in [6.45, 7) is 5.77. The van der Waals surface area contributed by atoms with Gasteiger partial charge >= 0.3 is 6.09 Å². The van der Waals surface area contributed by atoms with Gasteiger partial charge < -0.3 is 4.74 Å². The molecular formula is C19H24BrNO2. The number of carbonyl (C=O) groups excluding carboxylic acids is 1. The van der Waals surface area contributed by atoms with E-state index in [1.54, 1.807) is 0 Å². The van der Waals surface area contributed by atoms with Crippen LogP contribution < -0.4 is 0 Å². The minimum absolute atomic E-state index is 0.152. The van der Waals surface area contributed by atoms with Crippen LogP contribution in [0.5, 0.6) is 0 Å². The Morgan fingerprint density at radius 1 is 1.26 bits per heavy atom. The Labute approximate surface area is 146 Å². The van der Waals surface area contributed by atoms with Crippen molar-refractivity contribution in [3.05, 3.63) is 40.4 Å². The highest BCUT2D eigenvalue weighted by molar-refractivity contribution is 9.10.